The minimum atomic E-state index is -0.00606. The van der Waals surface area contributed by atoms with Gasteiger partial charge in [0.25, 0.3) is 0 Å². The van der Waals surface area contributed by atoms with Crippen LogP contribution in [0.2, 0.25) is 0 Å². The summed E-state index contributed by atoms with van der Waals surface area (Å²) in [5.41, 5.74) is 6.81. The number of hydrogen-bond acceptors (Lipinski definition) is 5. The number of rotatable bonds is 3. The van der Waals surface area contributed by atoms with Crippen molar-refractivity contribution >= 4 is 34.8 Å². The number of carbonyl (C=O) groups excluding carboxylic acids is 1. The van der Waals surface area contributed by atoms with E-state index in [1.165, 1.54) is 11.3 Å². The number of likely N-dealkylation sites (tertiary alicyclic amines) is 1. The van der Waals surface area contributed by atoms with Crippen molar-refractivity contribution in [3.8, 4) is 0 Å². The Morgan fingerprint density at radius 3 is 3.11 bits per heavy atom. The first kappa shape index (κ1) is 15.4. The second-order valence-electron chi connectivity index (χ2n) is 4.48. The van der Waals surface area contributed by atoms with Crippen molar-refractivity contribution in [2.24, 2.45) is 5.73 Å². The van der Waals surface area contributed by atoms with Crippen LogP contribution in [0.5, 0.6) is 0 Å². The fraction of sp³-hybridized carbons (Fsp3) is 0.636. The minimum absolute atomic E-state index is 0. The predicted octanol–water partition coefficient (Wildman–Crippen LogP) is 1.23. The zero-order valence-corrected chi connectivity index (χ0v) is 12.0. The molecule has 2 heterocycles. The highest BCUT2D eigenvalue weighted by atomic mass is 35.5. The Balaban J connectivity index is 0.00000162. The van der Waals surface area contributed by atoms with Crippen LogP contribution in [-0.4, -0.2) is 41.5 Å². The van der Waals surface area contributed by atoms with E-state index in [9.17, 15) is 4.79 Å². The summed E-state index contributed by atoms with van der Waals surface area (Å²) in [5, 5.41) is 5.41. The van der Waals surface area contributed by atoms with Crippen molar-refractivity contribution in [3.05, 3.63) is 11.1 Å². The van der Waals surface area contributed by atoms with Crippen LogP contribution in [0.4, 0.5) is 5.13 Å². The van der Waals surface area contributed by atoms with Gasteiger partial charge in [0.1, 0.15) is 0 Å². The molecule has 1 saturated heterocycles. The van der Waals surface area contributed by atoms with E-state index in [1.807, 2.05) is 12.3 Å². The molecule has 1 atom stereocenters. The summed E-state index contributed by atoms with van der Waals surface area (Å²) in [6.45, 7) is 4.09. The molecule has 18 heavy (non-hydrogen) atoms. The third-order valence-electron chi connectivity index (χ3n) is 2.77. The van der Waals surface area contributed by atoms with Gasteiger partial charge in [0.05, 0.1) is 12.2 Å². The number of nitrogens with one attached hydrogen (secondary N) is 1. The Kier molecular flexibility index (Phi) is 6.01. The quantitative estimate of drug-likeness (QED) is 0.878. The van der Waals surface area contributed by atoms with Gasteiger partial charge in [-0.3, -0.25) is 9.69 Å². The summed E-state index contributed by atoms with van der Waals surface area (Å²) in [7, 11) is 0. The maximum atomic E-state index is 11.8. The normalized spacial score (nSPS) is 20.2. The average molecular weight is 291 g/mol. The van der Waals surface area contributed by atoms with E-state index in [0.29, 0.717) is 11.7 Å². The number of nitrogens with zero attached hydrogens (tertiary/aromatic N) is 2. The Morgan fingerprint density at radius 2 is 2.50 bits per heavy atom. The molecule has 0 radical (unpaired) electrons. The van der Waals surface area contributed by atoms with Crippen LogP contribution >= 0.6 is 23.7 Å². The summed E-state index contributed by atoms with van der Waals surface area (Å²) in [6.07, 6.45) is 2.13. The Bertz CT molecular complexity index is 398. The van der Waals surface area contributed by atoms with E-state index in [-0.39, 0.29) is 24.4 Å². The Hall–Kier alpha value is -0.690. The summed E-state index contributed by atoms with van der Waals surface area (Å²) in [4.78, 5) is 18.1. The van der Waals surface area contributed by atoms with Crippen molar-refractivity contribution in [2.45, 2.75) is 25.8 Å². The van der Waals surface area contributed by atoms with Crippen LogP contribution in [0.15, 0.2) is 5.38 Å². The van der Waals surface area contributed by atoms with E-state index in [0.717, 1.165) is 31.6 Å². The molecule has 3 N–H and O–H groups in total. The first-order chi connectivity index (χ1) is 8.13. The molecule has 0 bridgehead atoms. The molecule has 0 unspecified atom stereocenters. The SMILES string of the molecule is Cc1csc(NC(=O)CN2CCC[C@@H](N)C2)n1.Cl. The number of amides is 1. The molecule has 1 fully saturated rings. The van der Waals surface area contributed by atoms with E-state index in [2.05, 4.69) is 15.2 Å². The lowest BCUT2D eigenvalue weighted by molar-refractivity contribution is -0.117. The van der Waals surface area contributed by atoms with Crippen LogP contribution in [0.3, 0.4) is 0 Å². The predicted molar refractivity (Wildman–Crippen MR) is 76.4 cm³/mol. The smallest absolute Gasteiger partial charge is 0.240 e. The van der Waals surface area contributed by atoms with E-state index in [4.69, 9.17) is 5.73 Å². The van der Waals surface area contributed by atoms with Gasteiger partial charge in [0, 0.05) is 18.0 Å². The lowest BCUT2D eigenvalue weighted by Crippen LogP contribution is -2.45. The number of aromatic nitrogens is 1. The zero-order chi connectivity index (χ0) is 12.3. The van der Waals surface area contributed by atoms with E-state index >= 15 is 0 Å². The van der Waals surface area contributed by atoms with Gasteiger partial charge in [-0.15, -0.1) is 23.7 Å². The van der Waals surface area contributed by atoms with Crippen LogP contribution in [0.25, 0.3) is 0 Å². The number of piperidine rings is 1. The molecule has 0 saturated carbocycles. The molecule has 1 amide bonds. The van der Waals surface area contributed by atoms with Gasteiger partial charge in [0.15, 0.2) is 5.13 Å². The van der Waals surface area contributed by atoms with Gasteiger partial charge >= 0.3 is 0 Å². The number of hydrogen-bond donors (Lipinski definition) is 2. The molecular formula is C11H19ClN4OS. The topological polar surface area (TPSA) is 71.2 Å². The fourth-order valence-electron chi connectivity index (χ4n) is 2.01. The van der Waals surface area contributed by atoms with Crippen LogP contribution < -0.4 is 11.1 Å². The molecule has 1 aromatic heterocycles. The molecule has 0 aliphatic carbocycles. The number of carbonyl (C=O) groups is 1. The number of anilines is 1. The summed E-state index contributed by atoms with van der Waals surface area (Å²) in [6, 6.07) is 0.207. The Morgan fingerprint density at radius 1 is 1.72 bits per heavy atom. The molecule has 102 valence electrons. The average Bonchev–Trinajstić information content (AvgIpc) is 2.63. The van der Waals surface area contributed by atoms with Crippen LogP contribution in [0, 0.1) is 6.92 Å². The zero-order valence-electron chi connectivity index (χ0n) is 10.4. The number of aryl methyl sites for hydroxylation is 1. The summed E-state index contributed by atoms with van der Waals surface area (Å²) < 4.78 is 0. The number of halogens is 1. The maximum Gasteiger partial charge on any atom is 0.240 e. The van der Waals surface area contributed by atoms with Crippen molar-refractivity contribution in [2.75, 3.05) is 25.0 Å². The highest BCUT2D eigenvalue weighted by Gasteiger charge is 2.19. The minimum Gasteiger partial charge on any atom is -0.327 e. The second-order valence-corrected chi connectivity index (χ2v) is 5.34. The third-order valence-corrected chi connectivity index (χ3v) is 3.65. The molecule has 1 aliphatic rings. The molecule has 1 aliphatic heterocycles. The van der Waals surface area contributed by atoms with Gasteiger partial charge in [-0.05, 0) is 26.3 Å². The van der Waals surface area contributed by atoms with E-state index < -0.39 is 0 Å². The fourth-order valence-corrected chi connectivity index (χ4v) is 2.71. The standard InChI is InChI=1S/C11H18N4OS.ClH/c1-8-7-17-11(13-8)14-10(16)6-15-4-2-3-9(12)5-15;/h7,9H,2-6,12H2,1H3,(H,13,14,16);1H/t9-;/m1./s1. The molecule has 7 heteroatoms. The van der Waals surface area contributed by atoms with Crippen molar-refractivity contribution in [1.82, 2.24) is 9.88 Å². The van der Waals surface area contributed by atoms with Gasteiger partial charge in [-0.2, -0.15) is 0 Å². The molecule has 2 rings (SSSR count). The van der Waals surface area contributed by atoms with E-state index in [1.54, 1.807) is 0 Å². The van der Waals surface area contributed by atoms with Crippen molar-refractivity contribution in [3.63, 3.8) is 0 Å². The van der Waals surface area contributed by atoms with Crippen LogP contribution in [0.1, 0.15) is 18.5 Å². The Labute approximate surface area is 117 Å². The first-order valence-corrected chi connectivity index (χ1v) is 6.71. The molecule has 0 aromatic carbocycles. The summed E-state index contributed by atoms with van der Waals surface area (Å²) >= 11 is 1.45. The lowest BCUT2D eigenvalue weighted by atomic mass is 10.1. The lowest BCUT2D eigenvalue weighted by Gasteiger charge is -2.29. The van der Waals surface area contributed by atoms with Gasteiger partial charge in [0.2, 0.25) is 5.91 Å². The van der Waals surface area contributed by atoms with Gasteiger partial charge in [-0.25, -0.2) is 4.98 Å². The largest absolute Gasteiger partial charge is 0.327 e. The molecule has 0 spiro atoms. The highest BCUT2D eigenvalue weighted by Crippen LogP contribution is 2.14. The van der Waals surface area contributed by atoms with Gasteiger partial charge in [-0.1, -0.05) is 0 Å². The van der Waals surface area contributed by atoms with Crippen molar-refractivity contribution in [1.29, 1.82) is 0 Å². The van der Waals surface area contributed by atoms with Crippen LogP contribution in [-0.2, 0) is 4.79 Å². The monoisotopic (exact) mass is 290 g/mol. The summed E-state index contributed by atoms with van der Waals surface area (Å²) in [5.74, 6) is -0.00606. The van der Waals surface area contributed by atoms with Gasteiger partial charge < -0.3 is 11.1 Å². The third kappa shape index (κ3) is 4.53. The number of thiazole rings is 1. The second kappa shape index (κ2) is 7.04. The maximum absolute atomic E-state index is 11.8. The molecule has 5 nitrogen and oxygen atoms in total. The highest BCUT2D eigenvalue weighted by molar-refractivity contribution is 7.13. The molecule has 1 aromatic rings. The van der Waals surface area contributed by atoms with Crippen molar-refractivity contribution < 1.29 is 4.79 Å². The number of nitrogens with two attached hydrogens (primary N) is 1. The molecular weight excluding hydrogens is 272 g/mol. The first-order valence-electron chi connectivity index (χ1n) is 5.83.